The topological polar surface area (TPSA) is 121 Å². The van der Waals surface area contributed by atoms with Gasteiger partial charge in [0, 0.05) is 5.56 Å². The van der Waals surface area contributed by atoms with Gasteiger partial charge in [0.05, 0.1) is 23.2 Å². The number of carbonyl (C=O) groups excluding carboxylic acids is 1. The molecule has 0 fully saturated rings. The standard InChI is InChI=1S/C23H23N7O3/c1-15(19-8-10-21(11-9-19)29-14-24-13-25-29)26-23(31)20-6-4-18(5-7-20)12-28-17(3)22(30(32)33)16(2)27-28/h4-11,13-15H,12H2,1-3H3,(H,26,31). The van der Waals surface area contributed by atoms with E-state index in [0.717, 1.165) is 16.8 Å². The second-order valence-corrected chi connectivity index (χ2v) is 7.76. The minimum Gasteiger partial charge on any atom is -0.346 e. The predicted molar refractivity (Wildman–Crippen MR) is 121 cm³/mol. The molecule has 0 aliphatic carbocycles. The van der Waals surface area contributed by atoms with Crippen molar-refractivity contribution in [1.29, 1.82) is 0 Å². The summed E-state index contributed by atoms with van der Waals surface area (Å²) in [6, 6.07) is 14.7. The highest BCUT2D eigenvalue weighted by atomic mass is 16.6. The zero-order valence-corrected chi connectivity index (χ0v) is 18.5. The molecule has 4 rings (SSSR count). The molecule has 2 aromatic heterocycles. The van der Waals surface area contributed by atoms with E-state index in [0.29, 0.717) is 23.5 Å². The fourth-order valence-corrected chi connectivity index (χ4v) is 3.66. The third-order valence-electron chi connectivity index (χ3n) is 5.50. The van der Waals surface area contributed by atoms with Crippen molar-refractivity contribution in [1.82, 2.24) is 29.9 Å². The number of nitrogens with one attached hydrogen (secondary N) is 1. The molecule has 168 valence electrons. The quantitative estimate of drug-likeness (QED) is 0.343. The Morgan fingerprint density at radius 2 is 1.82 bits per heavy atom. The van der Waals surface area contributed by atoms with Gasteiger partial charge in [0.15, 0.2) is 0 Å². The monoisotopic (exact) mass is 445 g/mol. The van der Waals surface area contributed by atoms with Gasteiger partial charge in [0.1, 0.15) is 24.0 Å². The molecule has 0 radical (unpaired) electrons. The van der Waals surface area contributed by atoms with Gasteiger partial charge in [-0.25, -0.2) is 9.67 Å². The minimum atomic E-state index is -0.412. The number of benzene rings is 2. The van der Waals surface area contributed by atoms with E-state index in [9.17, 15) is 14.9 Å². The van der Waals surface area contributed by atoms with Crippen LogP contribution in [0.25, 0.3) is 5.69 Å². The number of aryl methyl sites for hydroxylation is 1. The lowest BCUT2D eigenvalue weighted by atomic mass is 10.1. The average Bonchev–Trinajstić information content (AvgIpc) is 3.42. The largest absolute Gasteiger partial charge is 0.346 e. The number of rotatable bonds is 7. The summed E-state index contributed by atoms with van der Waals surface area (Å²) in [5, 5.41) is 22.6. The van der Waals surface area contributed by atoms with Gasteiger partial charge in [-0.15, -0.1) is 0 Å². The number of carbonyl (C=O) groups is 1. The molecule has 0 aliphatic rings. The number of hydrogen-bond acceptors (Lipinski definition) is 6. The lowest BCUT2D eigenvalue weighted by Crippen LogP contribution is -2.26. The molecular formula is C23H23N7O3. The average molecular weight is 445 g/mol. The van der Waals surface area contributed by atoms with Crippen molar-refractivity contribution in [3.63, 3.8) is 0 Å². The number of amides is 1. The van der Waals surface area contributed by atoms with Crippen molar-refractivity contribution in [2.24, 2.45) is 0 Å². The van der Waals surface area contributed by atoms with Crippen molar-refractivity contribution in [3.05, 3.63) is 99.4 Å². The summed E-state index contributed by atoms with van der Waals surface area (Å²) in [5.41, 5.74) is 4.20. The van der Waals surface area contributed by atoms with Gasteiger partial charge < -0.3 is 5.32 Å². The zero-order chi connectivity index (χ0) is 23.5. The van der Waals surface area contributed by atoms with Crippen molar-refractivity contribution in [2.75, 3.05) is 0 Å². The van der Waals surface area contributed by atoms with Gasteiger partial charge in [0.2, 0.25) is 0 Å². The smallest absolute Gasteiger partial charge is 0.312 e. The molecule has 33 heavy (non-hydrogen) atoms. The van der Waals surface area contributed by atoms with Crippen LogP contribution in [0, 0.1) is 24.0 Å². The van der Waals surface area contributed by atoms with Crippen LogP contribution in [-0.4, -0.2) is 35.4 Å². The number of aromatic nitrogens is 5. The summed E-state index contributed by atoms with van der Waals surface area (Å²) < 4.78 is 3.27. The molecule has 2 heterocycles. The first kappa shape index (κ1) is 21.9. The summed E-state index contributed by atoms with van der Waals surface area (Å²) in [5.74, 6) is -0.184. The summed E-state index contributed by atoms with van der Waals surface area (Å²) >= 11 is 0. The lowest BCUT2D eigenvalue weighted by molar-refractivity contribution is -0.386. The highest BCUT2D eigenvalue weighted by molar-refractivity contribution is 5.94. The summed E-state index contributed by atoms with van der Waals surface area (Å²) in [6.07, 6.45) is 3.10. The maximum atomic E-state index is 12.7. The van der Waals surface area contributed by atoms with Crippen LogP contribution in [0.15, 0.2) is 61.2 Å². The molecule has 1 atom stereocenters. The normalized spacial score (nSPS) is 11.8. The van der Waals surface area contributed by atoms with Crippen LogP contribution in [0.1, 0.15) is 45.8 Å². The zero-order valence-electron chi connectivity index (χ0n) is 18.5. The van der Waals surface area contributed by atoms with E-state index in [2.05, 4.69) is 20.5 Å². The summed E-state index contributed by atoms with van der Waals surface area (Å²) in [7, 11) is 0. The first-order chi connectivity index (χ1) is 15.8. The SMILES string of the molecule is Cc1nn(Cc2ccc(C(=O)NC(C)c3ccc(-n4cncn4)cc3)cc2)c(C)c1[N+](=O)[O-]. The fourth-order valence-electron chi connectivity index (χ4n) is 3.66. The Kier molecular flexibility index (Phi) is 5.99. The Bertz CT molecular complexity index is 1280. The molecular weight excluding hydrogens is 422 g/mol. The van der Waals surface area contributed by atoms with Crippen LogP contribution < -0.4 is 5.32 Å². The Morgan fingerprint density at radius 1 is 1.12 bits per heavy atom. The molecule has 0 saturated heterocycles. The van der Waals surface area contributed by atoms with Crippen LogP contribution in [0.5, 0.6) is 0 Å². The third kappa shape index (κ3) is 4.64. The van der Waals surface area contributed by atoms with Gasteiger partial charge >= 0.3 is 5.69 Å². The number of hydrogen-bond donors (Lipinski definition) is 1. The Labute approximate surface area is 190 Å². The fraction of sp³-hybridized carbons (Fsp3) is 0.217. The molecule has 0 bridgehead atoms. The van der Waals surface area contributed by atoms with Crippen LogP contribution >= 0.6 is 0 Å². The molecule has 1 amide bonds. The Morgan fingerprint density at radius 3 is 2.39 bits per heavy atom. The van der Waals surface area contributed by atoms with Gasteiger partial charge in [-0.3, -0.25) is 19.6 Å². The summed E-state index contributed by atoms with van der Waals surface area (Å²) in [4.78, 5) is 27.4. The van der Waals surface area contributed by atoms with E-state index >= 15 is 0 Å². The molecule has 0 spiro atoms. The second-order valence-electron chi connectivity index (χ2n) is 7.76. The maximum absolute atomic E-state index is 12.7. The van der Waals surface area contributed by atoms with E-state index in [1.807, 2.05) is 43.3 Å². The molecule has 0 saturated carbocycles. The second kappa shape index (κ2) is 9.03. The van der Waals surface area contributed by atoms with Crippen LogP contribution in [-0.2, 0) is 6.54 Å². The maximum Gasteiger partial charge on any atom is 0.312 e. The van der Waals surface area contributed by atoms with E-state index < -0.39 is 4.92 Å². The molecule has 10 heteroatoms. The van der Waals surface area contributed by atoms with Crippen molar-refractivity contribution < 1.29 is 9.72 Å². The summed E-state index contributed by atoms with van der Waals surface area (Å²) in [6.45, 7) is 5.61. The molecule has 10 nitrogen and oxygen atoms in total. The highest BCUT2D eigenvalue weighted by Gasteiger charge is 2.21. The highest BCUT2D eigenvalue weighted by Crippen LogP contribution is 2.23. The Balaban J connectivity index is 1.40. The van der Waals surface area contributed by atoms with E-state index in [1.165, 1.54) is 6.33 Å². The lowest BCUT2D eigenvalue weighted by Gasteiger charge is -2.15. The number of nitrogens with zero attached hydrogens (tertiary/aromatic N) is 6. The van der Waals surface area contributed by atoms with Crippen LogP contribution in [0.2, 0.25) is 0 Å². The van der Waals surface area contributed by atoms with Gasteiger partial charge in [-0.05, 0) is 56.2 Å². The molecule has 0 aliphatic heterocycles. The molecule has 1 N–H and O–H groups in total. The molecule has 2 aromatic carbocycles. The third-order valence-corrected chi connectivity index (χ3v) is 5.50. The van der Waals surface area contributed by atoms with Crippen molar-refractivity contribution in [2.45, 2.75) is 33.4 Å². The van der Waals surface area contributed by atoms with Crippen LogP contribution in [0.4, 0.5) is 5.69 Å². The minimum absolute atomic E-state index is 0.0364. The van der Waals surface area contributed by atoms with Gasteiger partial charge in [0.25, 0.3) is 5.91 Å². The van der Waals surface area contributed by atoms with Gasteiger partial charge in [-0.2, -0.15) is 10.2 Å². The van der Waals surface area contributed by atoms with E-state index in [4.69, 9.17) is 0 Å². The van der Waals surface area contributed by atoms with Crippen LogP contribution in [0.3, 0.4) is 0 Å². The predicted octanol–water partition coefficient (Wildman–Crippen LogP) is 3.53. The number of nitro groups is 1. The molecule has 4 aromatic rings. The van der Waals surface area contributed by atoms with E-state index in [1.54, 1.807) is 41.7 Å². The van der Waals surface area contributed by atoms with Crippen molar-refractivity contribution in [3.8, 4) is 5.69 Å². The van der Waals surface area contributed by atoms with Crippen molar-refractivity contribution >= 4 is 11.6 Å². The van der Waals surface area contributed by atoms with E-state index in [-0.39, 0.29) is 17.6 Å². The first-order valence-electron chi connectivity index (χ1n) is 10.4. The molecule has 1 unspecified atom stereocenters. The van der Waals surface area contributed by atoms with Gasteiger partial charge in [-0.1, -0.05) is 24.3 Å². The first-order valence-corrected chi connectivity index (χ1v) is 10.4. The Hall–Kier alpha value is -4.34.